The number of carbonyl (C=O) groups is 3. The molecule has 2 rings (SSSR count). The number of rotatable bonds is 7. The molecule has 1 aliphatic rings. The minimum atomic E-state index is -0.427. The average molecular weight is 334 g/mol. The summed E-state index contributed by atoms with van der Waals surface area (Å²) in [6, 6.07) is 0.190. The minimum absolute atomic E-state index is 0.00250. The van der Waals surface area contributed by atoms with Gasteiger partial charge in [0.1, 0.15) is 5.69 Å². The van der Waals surface area contributed by atoms with Crippen LogP contribution in [-0.4, -0.2) is 46.3 Å². The molecule has 1 amide bonds. The summed E-state index contributed by atoms with van der Waals surface area (Å²) in [5.41, 5.74) is 2.27. The summed E-state index contributed by atoms with van der Waals surface area (Å²) in [7, 11) is 1.75. The molecule has 0 atom stereocenters. The molecule has 0 bridgehead atoms. The number of aromatic nitrogens is 1. The van der Waals surface area contributed by atoms with E-state index in [4.69, 9.17) is 4.74 Å². The highest BCUT2D eigenvalue weighted by atomic mass is 16.5. The van der Waals surface area contributed by atoms with E-state index in [0.717, 1.165) is 18.5 Å². The lowest BCUT2D eigenvalue weighted by Crippen LogP contribution is -2.37. The lowest BCUT2D eigenvalue weighted by molar-refractivity contribution is -0.130. The molecule has 1 aliphatic carbocycles. The molecule has 1 aromatic rings. The van der Waals surface area contributed by atoms with Crippen molar-refractivity contribution in [1.29, 1.82) is 0 Å². The summed E-state index contributed by atoms with van der Waals surface area (Å²) in [6.07, 6.45) is 2.31. The quantitative estimate of drug-likeness (QED) is 0.567. The highest BCUT2D eigenvalue weighted by molar-refractivity contribution is 6.04. The Morgan fingerprint density at radius 3 is 2.33 bits per heavy atom. The van der Waals surface area contributed by atoms with Gasteiger partial charge in [0.25, 0.3) is 0 Å². The maximum absolute atomic E-state index is 12.8. The van der Waals surface area contributed by atoms with Crippen molar-refractivity contribution in [3.8, 4) is 0 Å². The van der Waals surface area contributed by atoms with E-state index in [2.05, 4.69) is 0 Å². The van der Waals surface area contributed by atoms with E-state index < -0.39 is 5.97 Å². The predicted octanol–water partition coefficient (Wildman–Crippen LogP) is 2.40. The molecule has 0 unspecified atom stereocenters. The SMILES string of the molecule is CCOC(=O)c1c(C)c(C(=O)CN(C(=O)CC)C2CC2)c(C)n1C. The van der Waals surface area contributed by atoms with Crippen LogP contribution in [0.1, 0.15) is 65.2 Å². The standard InChI is InChI=1S/C18H26N2O4/c1-6-15(22)20(13-8-9-13)10-14(21)16-11(3)17(18(23)24-7-2)19(5)12(16)4/h13H,6-10H2,1-5H3. The Labute approximate surface area is 142 Å². The number of carbonyl (C=O) groups excluding carboxylic acids is 3. The Morgan fingerprint density at radius 1 is 1.21 bits per heavy atom. The molecule has 1 fully saturated rings. The fourth-order valence-corrected chi connectivity index (χ4v) is 3.12. The smallest absolute Gasteiger partial charge is 0.355 e. The van der Waals surface area contributed by atoms with E-state index >= 15 is 0 Å². The van der Waals surface area contributed by atoms with Gasteiger partial charge in [0, 0.05) is 30.8 Å². The molecule has 132 valence electrons. The lowest BCUT2D eigenvalue weighted by atomic mass is 10.0. The van der Waals surface area contributed by atoms with Gasteiger partial charge in [-0.3, -0.25) is 9.59 Å². The van der Waals surface area contributed by atoms with Crippen molar-refractivity contribution in [3.63, 3.8) is 0 Å². The first kappa shape index (κ1) is 18.2. The van der Waals surface area contributed by atoms with Gasteiger partial charge in [-0.15, -0.1) is 0 Å². The van der Waals surface area contributed by atoms with Gasteiger partial charge in [-0.2, -0.15) is 0 Å². The average Bonchev–Trinajstić information content (AvgIpc) is 3.33. The monoisotopic (exact) mass is 334 g/mol. The summed E-state index contributed by atoms with van der Waals surface area (Å²) >= 11 is 0. The molecule has 1 heterocycles. The van der Waals surface area contributed by atoms with Gasteiger partial charge in [-0.1, -0.05) is 6.92 Å². The topological polar surface area (TPSA) is 68.6 Å². The van der Waals surface area contributed by atoms with E-state index in [1.54, 1.807) is 37.3 Å². The fourth-order valence-electron chi connectivity index (χ4n) is 3.12. The molecular formula is C18H26N2O4. The van der Waals surface area contributed by atoms with Gasteiger partial charge in [-0.25, -0.2) is 4.79 Å². The van der Waals surface area contributed by atoms with Crippen LogP contribution in [0.2, 0.25) is 0 Å². The first-order valence-electron chi connectivity index (χ1n) is 8.49. The number of Topliss-reactive ketones (excluding diaryl/α,β-unsaturated/α-hetero) is 1. The van der Waals surface area contributed by atoms with Crippen LogP contribution in [-0.2, 0) is 16.6 Å². The predicted molar refractivity (Wildman–Crippen MR) is 90.2 cm³/mol. The molecule has 24 heavy (non-hydrogen) atoms. The fraction of sp³-hybridized carbons (Fsp3) is 0.611. The van der Waals surface area contributed by atoms with Crippen LogP contribution in [0, 0.1) is 13.8 Å². The van der Waals surface area contributed by atoms with Crippen LogP contribution in [0.15, 0.2) is 0 Å². The Balaban J connectivity index is 2.31. The Kier molecular flexibility index (Phi) is 5.47. The van der Waals surface area contributed by atoms with Crippen LogP contribution >= 0.6 is 0 Å². The molecule has 6 heteroatoms. The van der Waals surface area contributed by atoms with Gasteiger partial charge >= 0.3 is 5.97 Å². The van der Waals surface area contributed by atoms with Crippen molar-refractivity contribution < 1.29 is 19.1 Å². The number of nitrogens with zero attached hydrogens (tertiary/aromatic N) is 2. The second-order valence-electron chi connectivity index (χ2n) is 6.24. The van der Waals surface area contributed by atoms with Crippen molar-refractivity contribution in [2.24, 2.45) is 7.05 Å². The van der Waals surface area contributed by atoms with E-state index in [1.165, 1.54) is 0 Å². The molecule has 0 N–H and O–H groups in total. The molecular weight excluding hydrogens is 308 g/mol. The first-order valence-corrected chi connectivity index (χ1v) is 8.49. The van der Waals surface area contributed by atoms with Crippen LogP contribution in [0.4, 0.5) is 0 Å². The van der Waals surface area contributed by atoms with E-state index in [9.17, 15) is 14.4 Å². The normalized spacial score (nSPS) is 13.7. The molecule has 0 radical (unpaired) electrons. The second kappa shape index (κ2) is 7.20. The summed E-state index contributed by atoms with van der Waals surface area (Å²) in [5.74, 6) is -0.545. The molecule has 1 aromatic heterocycles. The van der Waals surface area contributed by atoms with Crippen LogP contribution in [0.5, 0.6) is 0 Å². The number of hydrogen-bond donors (Lipinski definition) is 0. The van der Waals surface area contributed by atoms with E-state index in [0.29, 0.717) is 23.2 Å². The zero-order valence-electron chi connectivity index (χ0n) is 15.1. The second-order valence-corrected chi connectivity index (χ2v) is 6.24. The third kappa shape index (κ3) is 3.37. The summed E-state index contributed by atoms with van der Waals surface area (Å²) in [5, 5.41) is 0. The summed E-state index contributed by atoms with van der Waals surface area (Å²) < 4.78 is 6.79. The number of amides is 1. The number of esters is 1. The third-order valence-electron chi connectivity index (χ3n) is 4.60. The van der Waals surface area contributed by atoms with Gasteiger partial charge in [0.15, 0.2) is 5.78 Å². The van der Waals surface area contributed by atoms with Crippen LogP contribution in [0.3, 0.4) is 0 Å². The maximum Gasteiger partial charge on any atom is 0.355 e. The van der Waals surface area contributed by atoms with E-state index in [-0.39, 0.29) is 30.9 Å². The van der Waals surface area contributed by atoms with Gasteiger partial charge in [-0.05, 0) is 39.2 Å². The number of ether oxygens (including phenoxy) is 1. The Morgan fingerprint density at radius 2 is 1.83 bits per heavy atom. The van der Waals surface area contributed by atoms with Gasteiger partial charge in [0.2, 0.25) is 5.91 Å². The van der Waals surface area contributed by atoms with Crippen molar-refractivity contribution in [1.82, 2.24) is 9.47 Å². The highest BCUT2D eigenvalue weighted by Crippen LogP contribution is 2.29. The van der Waals surface area contributed by atoms with Crippen LogP contribution < -0.4 is 0 Å². The molecule has 0 spiro atoms. The zero-order chi connectivity index (χ0) is 18.0. The maximum atomic E-state index is 12.8. The Bertz CT molecular complexity index is 671. The molecule has 0 aromatic carbocycles. The molecule has 0 aliphatic heterocycles. The van der Waals surface area contributed by atoms with Crippen molar-refractivity contribution >= 4 is 17.7 Å². The molecule has 1 saturated carbocycles. The Hall–Kier alpha value is -2.11. The third-order valence-corrected chi connectivity index (χ3v) is 4.60. The van der Waals surface area contributed by atoms with Crippen LogP contribution in [0.25, 0.3) is 0 Å². The van der Waals surface area contributed by atoms with Crippen molar-refractivity contribution in [2.45, 2.75) is 53.0 Å². The molecule has 6 nitrogen and oxygen atoms in total. The van der Waals surface area contributed by atoms with E-state index in [1.807, 2.05) is 6.92 Å². The number of hydrogen-bond acceptors (Lipinski definition) is 4. The largest absolute Gasteiger partial charge is 0.461 e. The highest BCUT2D eigenvalue weighted by Gasteiger charge is 2.34. The van der Waals surface area contributed by atoms with Crippen molar-refractivity contribution in [2.75, 3.05) is 13.2 Å². The first-order chi connectivity index (χ1) is 11.3. The molecule has 0 saturated heterocycles. The zero-order valence-corrected chi connectivity index (χ0v) is 15.1. The van der Waals surface area contributed by atoms with Crippen molar-refractivity contribution in [3.05, 3.63) is 22.5 Å². The minimum Gasteiger partial charge on any atom is -0.461 e. The summed E-state index contributed by atoms with van der Waals surface area (Å²) in [6.45, 7) is 7.48. The lowest BCUT2D eigenvalue weighted by Gasteiger charge is -2.21. The van der Waals surface area contributed by atoms with Gasteiger partial charge in [0.05, 0.1) is 13.2 Å². The van der Waals surface area contributed by atoms with Gasteiger partial charge < -0.3 is 14.2 Å². The summed E-state index contributed by atoms with van der Waals surface area (Å²) in [4.78, 5) is 38.8. The number of ketones is 1.